The van der Waals surface area contributed by atoms with E-state index in [2.05, 4.69) is 40.0 Å². The van der Waals surface area contributed by atoms with Crippen molar-refractivity contribution in [2.45, 2.75) is 6.92 Å². The average molecular weight is 362 g/mol. The van der Waals surface area contributed by atoms with E-state index in [-0.39, 0.29) is 34.3 Å². The Bertz CT molecular complexity index is 950. The van der Waals surface area contributed by atoms with Crippen LogP contribution in [-0.4, -0.2) is 36.8 Å². The molecule has 12 nitrogen and oxygen atoms in total. The summed E-state index contributed by atoms with van der Waals surface area (Å²) in [6.45, 7) is 1.61. The van der Waals surface area contributed by atoms with Crippen LogP contribution in [0.1, 0.15) is 5.82 Å². The molecular formula is C12H10N8O4S. The Balaban J connectivity index is 1.87. The van der Waals surface area contributed by atoms with Crippen molar-refractivity contribution in [3.63, 3.8) is 0 Å². The molecule has 3 aromatic rings. The van der Waals surface area contributed by atoms with E-state index in [1.165, 1.54) is 19.2 Å². The molecule has 0 aliphatic carbocycles. The van der Waals surface area contributed by atoms with Gasteiger partial charge >= 0.3 is 12.0 Å². The Morgan fingerprint density at radius 1 is 1.12 bits per heavy atom. The molecule has 25 heavy (non-hydrogen) atoms. The summed E-state index contributed by atoms with van der Waals surface area (Å²) >= 11 is 0.969. The molecule has 1 aromatic carbocycles. The summed E-state index contributed by atoms with van der Waals surface area (Å²) < 4.78 is 13.5. The topological polar surface area (TPSA) is 164 Å². The van der Waals surface area contributed by atoms with Crippen LogP contribution in [0.15, 0.2) is 37.1 Å². The van der Waals surface area contributed by atoms with Gasteiger partial charge in [-0.25, -0.2) is 0 Å². The van der Waals surface area contributed by atoms with Crippen LogP contribution >= 0.6 is 11.5 Å². The zero-order valence-electron chi connectivity index (χ0n) is 12.9. The van der Waals surface area contributed by atoms with E-state index in [1.807, 2.05) is 0 Å². The lowest BCUT2D eigenvalue weighted by atomic mass is 10.2. The Kier molecular flexibility index (Phi) is 4.56. The standard InChI is InChI=1S/C12H10N8O4S/c1-5-13-10(24-19-5)17-16-8-7(21)4-3-6(9(8)22)15-18-12-14-11(23-2)20-25-12/h3-4,21-22H,1-2H3/b17-16+,18-15+. The van der Waals surface area contributed by atoms with Gasteiger partial charge in [-0.3, -0.25) is 0 Å². The maximum Gasteiger partial charge on any atom is 0.366 e. The Hall–Kier alpha value is -3.48. The smallest absolute Gasteiger partial charge is 0.366 e. The van der Waals surface area contributed by atoms with Crippen molar-refractivity contribution in [1.82, 2.24) is 19.5 Å². The van der Waals surface area contributed by atoms with E-state index in [9.17, 15) is 10.2 Å². The van der Waals surface area contributed by atoms with E-state index in [1.54, 1.807) is 6.92 Å². The lowest BCUT2D eigenvalue weighted by Gasteiger charge is -2.02. The molecule has 0 amide bonds. The van der Waals surface area contributed by atoms with Crippen LogP contribution in [-0.2, 0) is 0 Å². The zero-order chi connectivity index (χ0) is 17.8. The number of aryl methyl sites for hydroxylation is 1. The maximum absolute atomic E-state index is 10.2. The zero-order valence-corrected chi connectivity index (χ0v) is 13.7. The average Bonchev–Trinajstić information content (AvgIpc) is 3.22. The second-order valence-electron chi connectivity index (χ2n) is 4.39. The first-order valence-electron chi connectivity index (χ1n) is 6.63. The highest BCUT2D eigenvalue weighted by Gasteiger charge is 2.13. The third kappa shape index (κ3) is 3.72. The summed E-state index contributed by atoms with van der Waals surface area (Å²) in [5.74, 6) is -0.369. The van der Waals surface area contributed by atoms with E-state index in [0.29, 0.717) is 5.82 Å². The van der Waals surface area contributed by atoms with Crippen LogP contribution < -0.4 is 4.74 Å². The van der Waals surface area contributed by atoms with Crippen molar-refractivity contribution in [3.05, 3.63) is 18.0 Å². The van der Waals surface area contributed by atoms with Crippen molar-refractivity contribution < 1.29 is 19.5 Å². The van der Waals surface area contributed by atoms with E-state index in [4.69, 9.17) is 9.26 Å². The number of rotatable bonds is 5. The summed E-state index contributed by atoms with van der Waals surface area (Å²) in [5.41, 5.74) is -0.176. The van der Waals surface area contributed by atoms with Gasteiger partial charge in [0.1, 0.15) is 11.4 Å². The fourth-order valence-corrected chi connectivity index (χ4v) is 2.05. The van der Waals surface area contributed by atoms with Crippen molar-refractivity contribution >= 4 is 34.1 Å². The first-order chi connectivity index (χ1) is 12.1. The molecule has 0 fully saturated rings. The molecule has 13 heteroatoms. The van der Waals surface area contributed by atoms with Crippen LogP contribution in [0, 0.1) is 6.92 Å². The van der Waals surface area contributed by atoms with Gasteiger partial charge in [0.25, 0.3) is 5.13 Å². The van der Waals surface area contributed by atoms with Gasteiger partial charge in [0, 0.05) is 11.5 Å². The number of aromatic nitrogens is 4. The van der Waals surface area contributed by atoms with E-state index >= 15 is 0 Å². The molecule has 0 spiro atoms. The molecule has 2 N–H and O–H groups in total. The molecule has 0 aliphatic heterocycles. The maximum atomic E-state index is 10.2. The summed E-state index contributed by atoms with van der Waals surface area (Å²) in [5, 5.41) is 38.8. The van der Waals surface area contributed by atoms with Crippen LogP contribution in [0.5, 0.6) is 17.5 Å². The largest absolute Gasteiger partial charge is 0.505 e. The summed E-state index contributed by atoms with van der Waals surface area (Å²) in [7, 11) is 1.43. The van der Waals surface area contributed by atoms with Crippen molar-refractivity contribution in [2.24, 2.45) is 20.5 Å². The second kappa shape index (κ2) is 6.96. The predicted molar refractivity (Wildman–Crippen MR) is 83.6 cm³/mol. The molecule has 2 heterocycles. The van der Waals surface area contributed by atoms with Crippen LogP contribution in [0.2, 0.25) is 0 Å². The number of phenols is 2. The molecule has 0 saturated heterocycles. The normalized spacial score (nSPS) is 11.6. The van der Waals surface area contributed by atoms with Gasteiger partial charge < -0.3 is 19.5 Å². The Morgan fingerprint density at radius 2 is 1.96 bits per heavy atom. The molecule has 0 bridgehead atoms. The molecule has 128 valence electrons. The van der Waals surface area contributed by atoms with Gasteiger partial charge in [0.05, 0.1) is 7.11 Å². The Morgan fingerprint density at radius 3 is 2.64 bits per heavy atom. The molecule has 0 radical (unpaired) electrons. The third-order valence-electron chi connectivity index (χ3n) is 2.68. The highest BCUT2D eigenvalue weighted by Crippen LogP contribution is 2.44. The van der Waals surface area contributed by atoms with Gasteiger partial charge in [0.15, 0.2) is 17.3 Å². The number of hydrogen-bond donors (Lipinski definition) is 2. The van der Waals surface area contributed by atoms with E-state index in [0.717, 1.165) is 11.5 Å². The van der Waals surface area contributed by atoms with Crippen molar-refractivity contribution in [3.8, 4) is 17.5 Å². The van der Waals surface area contributed by atoms with Crippen LogP contribution in [0.3, 0.4) is 0 Å². The Labute approximate surface area is 143 Å². The van der Waals surface area contributed by atoms with Gasteiger partial charge in [-0.15, -0.1) is 19.7 Å². The number of phenolic OH excluding ortho intramolecular Hbond substituents is 2. The summed E-state index contributed by atoms with van der Waals surface area (Å²) in [6.07, 6.45) is 0. The molecule has 0 unspecified atom stereocenters. The van der Waals surface area contributed by atoms with Gasteiger partial charge in [-0.05, 0) is 19.1 Å². The van der Waals surface area contributed by atoms with Crippen molar-refractivity contribution in [1.29, 1.82) is 0 Å². The summed E-state index contributed by atoms with van der Waals surface area (Å²) in [6, 6.07) is 2.67. The predicted octanol–water partition coefficient (Wildman–Crippen LogP) is 3.48. The number of azo groups is 2. The van der Waals surface area contributed by atoms with Gasteiger partial charge in [-0.2, -0.15) is 9.97 Å². The van der Waals surface area contributed by atoms with Crippen LogP contribution in [0.25, 0.3) is 0 Å². The number of benzene rings is 1. The highest BCUT2D eigenvalue weighted by molar-refractivity contribution is 7.09. The highest BCUT2D eigenvalue weighted by atomic mass is 32.1. The summed E-state index contributed by atoms with van der Waals surface area (Å²) in [4.78, 5) is 7.74. The SMILES string of the molecule is COc1nsc(/N=N/c2ccc(O)c(/N=N/c3nc(C)no3)c2O)n1. The van der Waals surface area contributed by atoms with Gasteiger partial charge in [-0.1, -0.05) is 10.3 Å². The first-order valence-corrected chi connectivity index (χ1v) is 7.40. The van der Waals surface area contributed by atoms with Crippen LogP contribution in [0.4, 0.5) is 22.5 Å². The fraction of sp³-hybridized carbons (Fsp3) is 0.167. The first kappa shape index (κ1) is 16.4. The minimum Gasteiger partial charge on any atom is -0.505 e. The minimum atomic E-state index is -0.430. The fourth-order valence-electron chi connectivity index (χ4n) is 1.58. The quantitative estimate of drug-likeness (QED) is 0.651. The monoisotopic (exact) mass is 362 g/mol. The molecule has 3 rings (SSSR count). The number of hydrogen-bond acceptors (Lipinski definition) is 13. The molecule has 0 saturated carbocycles. The second-order valence-corrected chi connectivity index (χ2v) is 5.12. The molecule has 2 aromatic heterocycles. The minimum absolute atomic E-state index is 0.0441. The molecule has 0 atom stereocenters. The number of ether oxygens (including phenoxy) is 1. The third-order valence-corrected chi connectivity index (χ3v) is 3.27. The lowest BCUT2D eigenvalue weighted by molar-refractivity contribution is 0.386. The van der Waals surface area contributed by atoms with E-state index < -0.39 is 5.75 Å². The molecular weight excluding hydrogens is 352 g/mol. The number of aromatic hydroxyl groups is 2. The van der Waals surface area contributed by atoms with Gasteiger partial charge in [0.2, 0.25) is 0 Å². The lowest BCUT2D eigenvalue weighted by Crippen LogP contribution is -1.82. The number of methoxy groups -OCH3 is 1. The molecule has 0 aliphatic rings. The number of nitrogens with zero attached hydrogens (tertiary/aromatic N) is 8. The van der Waals surface area contributed by atoms with Crippen molar-refractivity contribution in [2.75, 3.05) is 7.11 Å².